The lowest BCUT2D eigenvalue weighted by atomic mass is 10.0. The Kier molecular flexibility index (Phi) is 2.12. The van der Waals surface area contributed by atoms with Crippen LogP contribution in [0.4, 0.5) is 0 Å². The Bertz CT molecular complexity index is 1370. The van der Waals surface area contributed by atoms with Gasteiger partial charge in [-0.3, -0.25) is 4.40 Å². The van der Waals surface area contributed by atoms with Gasteiger partial charge < -0.3 is 0 Å². The van der Waals surface area contributed by atoms with Crippen LogP contribution in [0.15, 0.2) is 54.2 Å². The van der Waals surface area contributed by atoms with Crippen molar-refractivity contribution in [1.29, 1.82) is 0 Å². The fourth-order valence-corrected chi connectivity index (χ4v) is 5.77. The first-order valence-electron chi connectivity index (χ1n) is 7.35. The lowest BCUT2D eigenvalue weighted by molar-refractivity contribution is 1.11. The van der Waals surface area contributed by atoms with Crippen LogP contribution < -0.4 is 0 Å². The smallest absolute Gasteiger partial charge is 0.179 e. The first-order chi connectivity index (χ1) is 11.4. The molecule has 3 nitrogen and oxygen atoms in total. The quantitative estimate of drug-likeness (QED) is 0.346. The summed E-state index contributed by atoms with van der Waals surface area (Å²) >= 11 is 3.62. The zero-order valence-electron chi connectivity index (χ0n) is 11.9. The van der Waals surface area contributed by atoms with Gasteiger partial charge in [-0.2, -0.15) is 0 Å². The molecule has 0 fully saturated rings. The Balaban J connectivity index is 2.11. The average Bonchev–Trinajstić information content (AvgIpc) is 3.29. The summed E-state index contributed by atoms with van der Waals surface area (Å²) in [6.07, 6.45) is 1.82. The van der Waals surface area contributed by atoms with Crippen LogP contribution in [-0.2, 0) is 0 Å². The predicted molar refractivity (Wildman–Crippen MR) is 98.8 cm³/mol. The maximum atomic E-state index is 4.38. The molecule has 108 valence electrons. The molecule has 0 N–H and O–H groups in total. The third kappa shape index (κ3) is 1.39. The Hall–Kier alpha value is -2.50. The average molecular weight is 331 g/mol. The van der Waals surface area contributed by atoms with E-state index in [0.717, 1.165) is 5.65 Å². The number of aromatic nitrogens is 3. The molecular weight excluding hydrogens is 322 g/mol. The van der Waals surface area contributed by atoms with Gasteiger partial charge in [0.25, 0.3) is 0 Å². The van der Waals surface area contributed by atoms with Crippen LogP contribution in [0.2, 0.25) is 0 Å². The number of fused-ring (bicyclic) bond motifs is 10. The van der Waals surface area contributed by atoms with E-state index in [-0.39, 0.29) is 0 Å². The van der Waals surface area contributed by atoms with Crippen LogP contribution in [0.25, 0.3) is 46.8 Å². The van der Waals surface area contributed by atoms with E-state index in [1.54, 1.807) is 11.3 Å². The number of thiophene rings is 2. The van der Waals surface area contributed by atoms with Gasteiger partial charge in [-0.15, -0.1) is 32.9 Å². The van der Waals surface area contributed by atoms with E-state index < -0.39 is 0 Å². The van der Waals surface area contributed by atoms with Crippen LogP contribution in [0, 0.1) is 0 Å². The monoisotopic (exact) mass is 331 g/mol. The first kappa shape index (κ1) is 12.0. The molecule has 0 radical (unpaired) electrons. The number of benzene rings is 2. The van der Waals surface area contributed by atoms with E-state index in [0.29, 0.717) is 0 Å². The van der Waals surface area contributed by atoms with Gasteiger partial charge in [0.05, 0.1) is 14.2 Å². The Morgan fingerprint density at radius 1 is 0.913 bits per heavy atom. The molecule has 4 heterocycles. The highest BCUT2D eigenvalue weighted by Gasteiger charge is 2.17. The molecule has 0 amide bonds. The van der Waals surface area contributed by atoms with Crippen LogP contribution in [0.3, 0.4) is 0 Å². The lowest BCUT2D eigenvalue weighted by Gasteiger charge is -2.08. The molecule has 4 aromatic heterocycles. The standard InChI is InChI=1S/C18H9N3S2/c1-2-4-11-10(3-1)5-6-13-14(11)15-12-7-8-22-18(12)23-16(15)17-20-19-9-21(13)17/h1-9H. The number of hydrogen-bond acceptors (Lipinski definition) is 4. The minimum Gasteiger partial charge on any atom is -0.280 e. The third-order valence-corrected chi connectivity index (χ3v) is 6.73. The molecule has 0 saturated heterocycles. The lowest BCUT2D eigenvalue weighted by Crippen LogP contribution is -1.89. The summed E-state index contributed by atoms with van der Waals surface area (Å²) in [5, 5.41) is 17.2. The van der Waals surface area contributed by atoms with E-state index in [2.05, 4.69) is 62.4 Å². The Morgan fingerprint density at radius 2 is 1.87 bits per heavy atom. The van der Waals surface area contributed by atoms with Crippen molar-refractivity contribution in [1.82, 2.24) is 14.6 Å². The normalized spacial score (nSPS) is 12.3. The summed E-state index contributed by atoms with van der Waals surface area (Å²) in [7, 11) is 0. The van der Waals surface area contributed by atoms with Gasteiger partial charge in [-0.25, -0.2) is 0 Å². The van der Waals surface area contributed by atoms with Gasteiger partial charge in [-0.1, -0.05) is 30.3 Å². The zero-order valence-corrected chi connectivity index (χ0v) is 13.5. The molecule has 0 saturated carbocycles. The molecule has 0 aliphatic heterocycles. The molecular formula is C18H9N3S2. The molecule has 0 unspecified atom stereocenters. The largest absolute Gasteiger partial charge is 0.280 e. The molecule has 0 aliphatic carbocycles. The molecule has 6 aromatic rings. The van der Waals surface area contributed by atoms with Crippen molar-refractivity contribution in [3.63, 3.8) is 0 Å². The number of nitrogens with zero attached hydrogens (tertiary/aromatic N) is 3. The fourth-order valence-electron chi connectivity index (χ4n) is 3.52. The minimum atomic E-state index is 0.955. The van der Waals surface area contributed by atoms with Crippen LogP contribution >= 0.6 is 22.7 Å². The van der Waals surface area contributed by atoms with Gasteiger partial charge in [0.15, 0.2) is 5.65 Å². The van der Waals surface area contributed by atoms with Crippen molar-refractivity contribution in [2.24, 2.45) is 0 Å². The van der Waals surface area contributed by atoms with Gasteiger partial charge in [0.2, 0.25) is 0 Å². The fraction of sp³-hybridized carbons (Fsp3) is 0. The second-order valence-corrected chi connectivity index (χ2v) is 7.83. The van der Waals surface area contributed by atoms with Gasteiger partial charge >= 0.3 is 0 Å². The SMILES string of the molecule is c1ccc2c(c1)ccc1c2c2c3ccsc3sc2c2nncn12. The molecule has 23 heavy (non-hydrogen) atoms. The Morgan fingerprint density at radius 3 is 2.87 bits per heavy atom. The van der Waals surface area contributed by atoms with Crippen molar-refractivity contribution in [2.45, 2.75) is 0 Å². The number of rotatable bonds is 0. The summed E-state index contributed by atoms with van der Waals surface area (Å²) in [5.74, 6) is 0. The van der Waals surface area contributed by atoms with E-state index in [9.17, 15) is 0 Å². The number of hydrogen-bond donors (Lipinski definition) is 0. The van der Waals surface area contributed by atoms with E-state index in [1.165, 1.54) is 41.2 Å². The van der Waals surface area contributed by atoms with Crippen molar-refractivity contribution < 1.29 is 0 Å². The van der Waals surface area contributed by atoms with Crippen molar-refractivity contribution in [3.05, 3.63) is 54.2 Å². The molecule has 0 spiro atoms. The highest BCUT2D eigenvalue weighted by Crippen LogP contribution is 2.44. The second kappa shape index (κ2) is 4.07. The molecule has 0 aliphatic rings. The van der Waals surface area contributed by atoms with Crippen LogP contribution in [0.5, 0.6) is 0 Å². The van der Waals surface area contributed by atoms with Gasteiger partial charge in [0.1, 0.15) is 6.33 Å². The summed E-state index contributed by atoms with van der Waals surface area (Å²) in [6.45, 7) is 0. The van der Waals surface area contributed by atoms with E-state index in [4.69, 9.17) is 0 Å². The number of pyridine rings is 1. The molecule has 5 heteroatoms. The maximum absolute atomic E-state index is 4.38. The van der Waals surface area contributed by atoms with Crippen molar-refractivity contribution >= 4 is 69.5 Å². The zero-order chi connectivity index (χ0) is 15.0. The van der Waals surface area contributed by atoms with Crippen LogP contribution in [-0.4, -0.2) is 14.6 Å². The van der Waals surface area contributed by atoms with E-state index >= 15 is 0 Å². The summed E-state index contributed by atoms with van der Waals surface area (Å²) in [5.41, 5.74) is 2.12. The summed E-state index contributed by atoms with van der Waals surface area (Å²) in [4.78, 5) is 0. The van der Waals surface area contributed by atoms with Gasteiger partial charge in [-0.05, 0) is 28.3 Å². The summed E-state index contributed by atoms with van der Waals surface area (Å²) < 4.78 is 4.70. The molecule has 2 aromatic carbocycles. The third-order valence-electron chi connectivity index (χ3n) is 4.49. The van der Waals surface area contributed by atoms with Crippen molar-refractivity contribution in [2.75, 3.05) is 0 Å². The predicted octanol–water partition coefficient (Wildman–Crippen LogP) is 5.47. The Labute approximate surface area is 138 Å². The highest BCUT2D eigenvalue weighted by atomic mass is 32.2. The highest BCUT2D eigenvalue weighted by molar-refractivity contribution is 7.41. The maximum Gasteiger partial charge on any atom is 0.179 e. The topological polar surface area (TPSA) is 30.2 Å². The molecule has 0 bridgehead atoms. The van der Waals surface area contributed by atoms with E-state index in [1.807, 2.05) is 17.7 Å². The molecule has 0 atom stereocenters. The minimum absolute atomic E-state index is 0.955. The second-order valence-electron chi connectivity index (χ2n) is 5.63. The molecule has 6 rings (SSSR count). The van der Waals surface area contributed by atoms with Gasteiger partial charge in [0, 0.05) is 16.2 Å². The first-order valence-corrected chi connectivity index (χ1v) is 9.04. The van der Waals surface area contributed by atoms with Crippen molar-refractivity contribution in [3.8, 4) is 0 Å². The summed E-state index contributed by atoms with van der Waals surface area (Å²) in [6, 6.07) is 15.2. The van der Waals surface area contributed by atoms with Crippen LogP contribution in [0.1, 0.15) is 0 Å².